The van der Waals surface area contributed by atoms with Crippen molar-refractivity contribution in [3.63, 3.8) is 0 Å². The van der Waals surface area contributed by atoms with Gasteiger partial charge in [-0.05, 0) is 52.9 Å². The van der Waals surface area contributed by atoms with Gasteiger partial charge in [0.1, 0.15) is 5.82 Å². The van der Waals surface area contributed by atoms with E-state index in [-0.39, 0.29) is 5.82 Å². The minimum atomic E-state index is -0.436. The first-order valence-corrected chi connectivity index (χ1v) is 11.1. The minimum Gasteiger partial charge on any atom is -0.338 e. The van der Waals surface area contributed by atoms with Crippen LogP contribution in [0.15, 0.2) is 96.6 Å². The smallest absolute Gasteiger partial charge is 0.291 e. The number of nitrogens with one attached hydrogen (secondary N) is 1. The lowest BCUT2D eigenvalue weighted by atomic mass is 9.99. The molecule has 6 nitrogen and oxygen atoms in total. The van der Waals surface area contributed by atoms with Crippen molar-refractivity contribution in [2.45, 2.75) is 6.04 Å². The van der Waals surface area contributed by atoms with Gasteiger partial charge in [-0.15, -0.1) is 16.4 Å². The Bertz CT molecular complexity index is 1330. The second-order valence-electron chi connectivity index (χ2n) is 7.23. The Morgan fingerprint density at radius 3 is 2.45 bits per heavy atom. The highest BCUT2D eigenvalue weighted by molar-refractivity contribution is 7.13. The fourth-order valence-electron chi connectivity index (χ4n) is 3.52. The molecule has 0 fully saturated rings. The van der Waals surface area contributed by atoms with Crippen LogP contribution in [-0.2, 0) is 0 Å². The molecule has 1 atom stereocenters. The maximum atomic E-state index is 13.9. The summed E-state index contributed by atoms with van der Waals surface area (Å²) in [5.74, 6) is -0.361. The first-order valence-electron chi connectivity index (χ1n) is 10.2. The molecule has 162 valence electrons. The van der Waals surface area contributed by atoms with Crippen LogP contribution in [0, 0.1) is 5.82 Å². The monoisotopic (exact) mass is 455 g/mol. The van der Waals surface area contributed by atoms with Gasteiger partial charge in [0, 0.05) is 12.4 Å². The third-order valence-corrected chi connectivity index (χ3v) is 5.92. The van der Waals surface area contributed by atoms with Crippen LogP contribution in [0.1, 0.15) is 27.8 Å². The molecule has 1 unspecified atom stereocenters. The molecule has 0 saturated carbocycles. The Hall–Kier alpha value is -4.17. The molecule has 3 heterocycles. The Kier molecular flexibility index (Phi) is 5.73. The molecule has 33 heavy (non-hydrogen) atoms. The van der Waals surface area contributed by atoms with Gasteiger partial charge < -0.3 is 5.32 Å². The molecule has 0 aliphatic carbocycles. The minimum absolute atomic E-state index is 0.00218. The summed E-state index contributed by atoms with van der Waals surface area (Å²) in [5.41, 5.74) is 2.28. The number of benzene rings is 2. The summed E-state index contributed by atoms with van der Waals surface area (Å²) in [5, 5.41) is 9.39. The zero-order valence-electron chi connectivity index (χ0n) is 17.3. The van der Waals surface area contributed by atoms with Crippen LogP contribution in [0.4, 0.5) is 4.39 Å². The van der Waals surface area contributed by atoms with Crippen LogP contribution >= 0.6 is 11.3 Å². The van der Waals surface area contributed by atoms with Crippen LogP contribution in [0.5, 0.6) is 0 Å². The average molecular weight is 456 g/mol. The summed E-state index contributed by atoms with van der Waals surface area (Å²) < 4.78 is 15.4. The molecule has 0 aliphatic heterocycles. The van der Waals surface area contributed by atoms with E-state index in [9.17, 15) is 9.18 Å². The number of hydrogen-bond donors (Lipinski definition) is 1. The van der Waals surface area contributed by atoms with E-state index in [0.29, 0.717) is 11.5 Å². The third-order valence-electron chi connectivity index (χ3n) is 5.05. The molecule has 0 bridgehead atoms. The highest BCUT2D eigenvalue weighted by Gasteiger charge is 2.23. The summed E-state index contributed by atoms with van der Waals surface area (Å²) in [7, 11) is 0. The van der Waals surface area contributed by atoms with Crippen molar-refractivity contribution in [2.24, 2.45) is 0 Å². The van der Waals surface area contributed by atoms with Crippen LogP contribution in [0.3, 0.4) is 0 Å². The Morgan fingerprint density at radius 2 is 1.73 bits per heavy atom. The second kappa shape index (κ2) is 9.13. The summed E-state index contributed by atoms with van der Waals surface area (Å²) in [6, 6.07) is 22.8. The molecule has 8 heteroatoms. The van der Waals surface area contributed by atoms with Crippen molar-refractivity contribution < 1.29 is 9.18 Å². The fourth-order valence-corrected chi connectivity index (χ4v) is 4.22. The maximum absolute atomic E-state index is 13.9. The largest absolute Gasteiger partial charge is 0.338 e. The van der Waals surface area contributed by atoms with E-state index in [1.807, 2.05) is 60.0 Å². The zero-order valence-corrected chi connectivity index (χ0v) is 18.1. The number of pyridine rings is 1. The number of carbonyl (C=O) groups is 1. The Morgan fingerprint density at radius 1 is 0.939 bits per heavy atom. The van der Waals surface area contributed by atoms with Gasteiger partial charge in [-0.25, -0.2) is 14.1 Å². The van der Waals surface area contributed by atoms with E-state index in [2.05, 4.69) is 20.4 Å². The summed E-state index contributed by atoms with van der Waals surface area (Å²) in [4.78, 5) is 22.7. The van der Waals surface area contributed by atoms with Crippen LogP contribution < -0.4 is 5.32 Å². The molecule has 0 aliphatic rings. The normalized spacial score (nSPS) is 11.8. The number of thiophene rings is 1. The fraction of sp³-hybridized carbons (Fsp3) is 0.0400. The quantitative estimate of drug-likeness (QED) is 0.389. The standard InChI is InChI=1S/C25H18FN5OS/c26-19-8-4-9-20(16-19)31-24(21-10-5-15-33-21)29-23(30-31)25(32)28-22(17-6-2-1-3-7-17)18-11-13-27-14-12-18/h1-16,22H,(H,28,32). The SMILES string of the molecule is O=C(NC(c1ccccc1)c1ccncc1)c1nc(-c2cccs2)n(-c2cccc(F)c2)n1. The van der Waals surface area contributed by atoms with E-state index in [0.717, 1.165) is 16.0 Å². The molecule has 1 N–H and O–H groups in total. The first kappa shape index (κ1) is 20.7. The number of hydrogen-bond acceptors (Lipinski definition) is 5. The lowest BCUT2D eigenvalue weighted by molar-refractivity contribution is 0.0932. The van der Waals surface area contributed by atoms with Gasteiger partial charge in [-0.2, -0.15) is 0 Å². The lowest BCUT2D eigenvalue weighted by Crippen LogP contribution is -2.30. The number of amides is 1. The highest BCUT2D eigenvalue weighted by atomic mass is 32.1. The molecule has 3 aromatic heterocycles. The molecule has 5 rings (SSSR count). The van der Waals surface area contributed by atoms with Crippen molar-refractivity contribution in [1.29, 1.82) is 0 Å². The van der Waals surface area contributed by atoms with E-state index in [4.69, 9.17) is 0 Å². The number of rotatable bonds is 6. The van der Waals surface area contributed by atoms with Crippen molar-refractivity contribution >= 4 is 17.2 Å². The molecule has 2 aromatic carbocycles. The first-order chi connectivity index (χ1) is 16.2. The Balaban J connectivity index is 1.53. The summed E-state index contributed by atoms with van der Waals surface area (Å²) in [6.07, 6.45) is 3.37. The van der Waals surface area contributed by atoms with E-state index in [1.54, 1.807) is 24.5 Å². The highest BCUT2D eigenvalue weighted by Crippen LogP contribution is 2.27. The van der Waals surface area contributed by atoms with Gasteiger partial charge in [-0.3, -0.25) is 9.78 Å². The van der Waals surface area contributed by atoms with Crippen LogP contribution in [0.25, 0.3) is 16.4 Å². The Labute approximate surface area is 193 Å². The molecule has 5 aromatic rings. The molecule has 0 radical (unpaired) electrons. The zero-order chi connectivity index (χ0) is 22.6. The average Bonchev–Trinajstić information content (AvgIpc) is 3.54. The number of aromatic nitrogens is 4. The van der Waals surface area contributed by atoms with Crippen molar-refractivity contribution in [1.82, 2.24) is 25.1 Å². The van der Waals surface area contributed by atoms with E-state index >= 15 is 0 Å². The van der Waals surface area contributed by atoms with Crippen LogP contribution in [-0.4, -0.2) is 25.7 Å². The number of halogens is 1. The van der Waals surface area contributed by atoms with Gasteiger partial charge in [-0.1, -0.05) is 42.5 Å². The van der Waals surface area contributed by atoms with Crippen molar-refractivity contribution in [3.8, 4) is 16.4 Å². The summed E-state index contributed by atoms with van der Waals surface area (Å²) >= 11 is 1.47. The van der Waals surface area contributed by atoms with Gasteiger partial charge in [0.25, 0.3) is 5.91 Å². The van der Waals surface area contributed by atoms with Crippen LogP contribution in [0.2, 0.25) is 0 Å². The van der Waals surface area contributed by atoms with Gasteiger partial charge in [0.2, 0.25) is 5.82 Å². The predicted molar refractivity (Wildman–Crippen MR) is 125 cm³/mol. The third kappa shape index (κ3) is 4.42. The van der Waals surface area contributed by atoms with Crippen molar-refractivity contribution in [3.05, 3.63) is 119 Å². The van der Waals surface area contributed by atoms with E-state index < -0.39 is 17.8 Å². The van der Waals surface area contributed by atoms with Gasteiger partial charge >= 0.3 is 0 Å². The maximum Gasteiger partial charge on any atom is 0.291 e. The molecule has 0 spiro atoms. The number of carbonyl (C=O) groups excluding carboxylic acids is 1. The topological polar surface area (TPSA) is 72.7 Å². The molecular formula is C25H18FN5OS. The van der Waals surface area contributed by atoms with Gasteiger partial charge in [0.05, 0.1) is 16.6 Å². The van der Waals surface area contributed by atoms with Crippen molar-refractivity contribution in [2.75, 3.05) is 0 Å². The summed E-state index contributed by atoms with van der Waals surface area (Å²) in [6.45, 7) is 0. The van der Waals surface area contributed by atoms with E-state index in [1.165, 1.54) is 28.2 Å². The molecule has 0 saturated heterocycles. The molecular weight excluding hydrogens is 437 g/mol. The second-order valence-corrected chi connectivity index (χ2v) is 8.17. The van der Waals surface area contributed by atoms with Gasteiger partial charge in [0.15, 0.2) is 5.82 Å². The lowest BCUT2D eigenvalue weighted by Gasteiger charge is -2.18. The predicted octanol–water partition coefficient (Wildman–Crippen LogP) is 5.05. The number of nitrogens with zero attached hydrogens (tertiary/aromatic N) is 4. The molecule has 1 amide bonds.